The maximum absolute atomic E-state index is 12.5. The second kappa shape index (κ2) is 7.92. The third kappa shape index (κ3) is 3.86. The first-order valence-electron chi connectivity index (χ1n) is 9.07. The minimum absolute atomic E-state index is 0.179. The van der Waals surface area contributed by atoms with Gasteiger partial charge >= 0.3 is 0 Å². The Hall–Kier alpha value is -3.67. The molecular weight excluding hydrogens is 352 g/mol. The van der Waals surface area contributed by atoms with E-state index in [-0.39, 0.29) is 5.91 Å². The highest BCUT2D eigenvalue weighted by Crippen LogP contribution is 2.21. The normalized spacial score (nSPS) is 11.9. The topological polar surface area (TPSA) is 69.0 Å². The van der Waals surface area contributed by atoms with Crippen molar-refractivity contribution in [1.82, 2.24) is 20.1 Å². The Morgan fingerprint density at radius 2 is 1.86 bits per heavy atom. The van der Waals surface area contributed by atoms with E-state index in [1.807, 2.05) is 66.7 Å². The standard InChI is InChI=1S/C22H20N4O2/c1-16(28-20-11-10-17-6-2-3-7-18(17)12-20)22(27)24-13-19-8-4-5-9-21(19)26-15-23-14-25-26/h2-12,14-16H,13H2,1H3,(H,24,27)/t16-/m1/s1. The summed E-state index contributed by atoms with van der Waals surface area (Å²) < 4.78 is 7.51. The van der Waals surface area contributed by atoms with Gasteiger partial charge in [-0.3, -0.25) is 4.79 Å². The number of nitrogens with one attached hydrogen (secondary N) is 1. The molecule has 0 bridgehead atoms. The summed E-state index contributed by atoms with van der Waals surface area (Å²) in [6.07, 6.45) is 2.50. The SMILES string of the molecule is C[C@@H](Oc1ccc2ccccc2c1)C(=O)NCc1ccccc1-n1cncn1. The number of hydrogen-bond acceptors (Lipinski definition) is 4. The van der Waals surface area contributed by atoms with E-state index in [2.05, 4.69) is 15.4 Å². The highest BCUT2D eigenvalue weighted by molar-refractivity contribution is 5.84. The van der Waals surface area contributed by atoms with Crippen LogP contribution in [0.2, 0.25) is 0 Å². The second-order valence-corrected chi connectivity index (χ2v) is 6.46. The monoisotopic (exact) mass is 372 g/mol. The third-order valence-electron chi connectivity index (χ3n) is 4.51. The molecule has 1 amide bonds. The number of fused-ring (bicyclic) bond motifs is 1. The molecule has 0 aliphatic heterocycles. The Bertz CT molecular complexity index is 1090. The van der Waals surface area contributed by atoms with Crippen LogP contribution in [0.25, 0.3) is 16.5 Å². The van der Waals surface area contributed by atoms with Crippen LogP contribution in [0.15, 0.2) is 79.4 Å². The number of ether oxygens (including phenoxy) is 1. The number of carbonyl (C=O) groups is 1. The fourth-order valence-electron chi connectivity index (χ4n) is 3.04. The van der Waals surface area contributed by atoms with Crippen LogP contribution in [0.1, 0.15) is 12.5 Å². The smallest absolute Gasteiger partial charge is 0.261 e. The van der Waals surface area contributed by atoms with Gasteiger partial charge in [-0.2, -0.15) is 5.10 Å². The van der Waals surface area contributed by atoms with Gasteiger partial charge in [0.25, 0.3) is 5.91 Å². The summed E-state index contributed by atoms with van der Waals surface area (Å²) in [4.78, 5) is 16.5. The molecule has 0 saturated heterocycles. The number of amides is 1. The van der Waals surface area contributed by atoms with Gasteiger partial charge in [0.05, 0.1) is 5.69 Å². The number of hydrogen-bond donors (Lipinski definition) is 1. The van der Waals surface area contributed by atoms with Gasteiger partial charge in [0, 0.05) is 6.54 Å². The predicted molar refractivity (Wildman–Crippen MR) is 107 cm³/mol. The van der Waals surface area contributed by atoms with E-state index >= 15 is 0 Å². The molecule has 140 valence electrons. The van der Waals surface area contributed by atoms with Crippen LogP contribution in [-0.4, -0.2) is 26.8 Å². The van der Waals surface area contributed by atoms with E-state index < -0.39 is 6.10 Å². The lowest BCUT2D eigenvalue weighted by molar-refractivity contribution is -0.127. The van der Waals surface area contributed by atoms with Gasteiger partial charge in [-0.15, -0.1) is 0 Å². The number of rotatable bonds is 6. The molecule has 3 aromatic carbocycles. The van der Waals surface area contributed by atoms with Crippen molar-refractivity contribution in [3.63, 3.8) is 0 Å². The third-order valence-corrected chi connectivity index (χ3v) is 4.51. The predicted octanol–water partition coefficient (Wildman–Crippen LogP) is 3.50. The highest BCUT2D eigenvalue weighted by Gasteiger charge is 2.15. The molecular formula is C22H20N4O2. The van der Waals surface area contributed by atoms with E-state index in [9.17, 15) is 4.79 Å². The van der Waals surface area contributed by atoms with Crippen LogP contribution in [0.3, 0.4) is 0 Å². The van der Waals surface area contributed by atoms with Gasteiger partial charge in [-0.1, -0.05) is 48.5 Å². The van der Waals surface area contributed by atoms with Crippen LogP contribution in [-0.2, 0) is 11.3 Å². The molecule has 0 aliphatic rings. The molecule has 1 N–H and O–H groups in total. The van der Waals surface area contributed by atoms with Crippen LogP contribution >= 0.6 is 0 Å². The summed E-state index contributed by atoms with van der Waals surface area (Å²) in [5.41, 5.74) is 1.82. The lowest BCUT2D eigenvalue weighted by Gasteiger charge is -2.16. The number of benzene rings is 3. The molecule has 1 aromatic heterocycles. The Morgan fingerprint density at radius 3 is 2.68 bits per heavy atom. The molecule has 1 atom stereocenters. The highest BCUT2D eigenvalue weighted by atomic mass is 16.5. The molecule has 0 fully saturated rings. The average molecular weight is 372 g/mol. The van der Waals surface area contributed by atoms with E-state index in [1.165, 1.54) is 6.33 Å². The largest absolute Gasteiger partial charge is 0.481 e. The van der Waals surface area contributed by atoms with Crippen molar-refractivity contribution in [2.45, 2.75) is 19.6 Å². The van der Waals surface area contributed by atoms with Crippen LogP contribution in [0.4, 0.5) is 0 Å². The molecule has 0 spiro atoms. The molecule has 0 saturated carbocycles. The molecule has 0 unspecified atom stereocenters. The molecule has 1 heterocycles. The number of nitrogens with zero attached hydrogens (tertiary/aromatic N) is 3. The van der Waals surface area contributed by atoms with Crippen molar-refractivity contribution in [3.05, 3.63) is 84.9 Å². The van der Waals surface area contributed by atoms with Crippen molar-refractivity contribution in [3.8, 4) is 11.4 Å². The Labute approximate surface area is 162 Å². The molecule has 0 aliphatic carbocycles. The molecule has 4 aromatic rings. The maximum Gasteiger partial charge on any atom is 0.261 e. The maximum atomic E-state index is 12.5. The van der Waals surface area contributed by atoms with Gasteiger partial charge in [-0.25, -0.2) is 9.67 Å². The van der Waals surface area contributed by atoms with Crippen molar-refractivity contribution < 1.29 is 9.53 Å². The second-order valence-electron chi connectivity index (χ2n) is 6.46. The summed E-state index contributed by atoms with van der Waals surface area (Å²) in [6, 6.07) is 21.6. The fourth-order valence-corrected chi connectivity index (χ4v) is 3.04. The van der Waals surface area contributed by atoms with Gasteiger partial charge in [0.1, 0.15) is 18.4 Å². The summed E-state index contributed by atoms with van der Waals surface area (Å²) in [6.45, 7) is 2.12. The van der Waals surface area contributed by atoms with Gasteiger partial charge in [0.15, 0.2) is 6.10 Å². The zero-order valence-corrected chi connectivity index (χ0v) is 15.4. The van der Waals surface area contributed by atoms with Crippen LogP contribution < -0.4 is 10.1 Å². The number of carbonyl (C=O) groups excluding carboxylic acids is 1. The molecule has 6 nitrogen and oxygen atoms in total. The first-order chi connectivity index (χ1) is 13.7. The average Bonchev–Trinajstić information content (AvgIpc) is 3.27. The fraction of sp³-hybridized carbons (Fsp3) is 0.136. The van der Waals surface area contributed by atoms with Crippen LogP contribution in [0, 0.1) is 0 Å². The van der Waals surface area contributed by atoms with Crippen LogP contribution in [0.5, 0.6) is 5.75 Å². The van der Waals surface area contributed by atoms with Gasteiger partial charge in [-0.05, 0) is 41.5 Å². The minimum Gasteiger partial charge on any atom is -0.481 e. The summed E-state index contributed by atoms with van der Waals surface area (Å²) in [5, 5.41) is 9.31. The molecule has 4 rings (SSSR count). The summed E-state index contributed by atoms with van der Waals surface area (Å²) in [7, 11) is 0. The Morgan fingerprint density at radius 1 is 1.07 bits per heavy atom. The molecule has 0 radical (unpaired) electrons. The van der Waals surface area contributed by atoms with E-state index in [0.29, 0.717) is 12.3 Å². The Kier molecular flexibility index (Phi) is 5.01. The quantitative estimate of drug-likeness (QED) is 0.562. The minimum atomic E-state index is -0.611. The van der Waals surface area contributed by atoms with E-state index in [0.717, 1.165) is 22.0 Å². The molecule has 6 heteroatoms. The number of para-hydroxylation sites is 1. The first-order valence-corrected chi connectivity index (χ1v) is 9.07. The van der Waals surface area contributed by atoms with Crippen molar-refractivity contribution in [2.75, 3.05) is 0 Å². The summed E-state index contributed by atoms with van der Waals surface area (Å²) >= 11 is 0. The van der Waals surface area contributed by atoms with Crippen molar-refractivity contribution in [2.24, 2.45) is 0 Å². The first kappa shape index (κ1) is 17.7. The van der Waals surface area contributed by atoms with Gasteiger partial charge in [0.2, 0.25) is 0 Å². The van der Waals surface area contributed by atoms with Crippen molar-refractivity contribution >= 4 is 16.7 Å². The van der Waals surface area contributed by atoms with Crippen molar-refractivity contribution in [1.29, 1.82) is 0 Å². The zero-order valence-electron chi connectivity index (χ0n) is 15.4. The summed E-state index contributed by atoms with van der Waals surface area (Å²) in [5.74, 6) is 0.492. The Balaban J connectivity index is 1.41. The van der Waals surface area contributed by atoms with Gasteiger partial charge < -0.3 is 10.1 Å². The number of aromatic nitrogens is 3. The zero-order chi connectivity index (χ0) is 19.3. The van der Waals surface area contributed by atoms with E-state index in [1.54, 1.807) is 17.9 Å². The molecule has 28 heavy (non-hydrogen) atoms. The van der Waals surface area contributed by atoms with E-state index in [4.69, 9.17) is 4.74 Å². The lowest BCUT2D eigenvalue weighted by atomic mass is 10.1. The lowest BCUT2D eigenvalue weighted by Crippen LogP contribution is -2.36.